The number of nitro benzene ring substituents is 1. The second-order valence-corrected chi connectivity index (χ2v) is 6.06. The van der Waals surface area contributed by atoms with Gasteiger partial charge >= 0.3 is 0 Å². The number of hydrogen-bond donors (Lipinski definition) is 1. The molecule has 0 saturated carbocycles. The standard InChI is InChI=1S/C18H16N4O4/c1-11-5-12(2)7-13(6-11)20-17(23)9-21-10-19-16-4-3-14(22(25)26)8-15(16)18(21)24/h3-8,10H,9H2,1-2H3,(H,20,23). The van der Waals surface area contributed by atoms with Crippen LogP contribution in [0.25, 0.3) is 10.9 Å². The fourth-order valence-electron chi connectivity index (χ4n) is 2.78. The number of aromatic nitrogens is 2. The Balaban J connectivity index is 1.88. The number of carbonyl (C=O) groups is 1. The van der Waals surface area contributed by atoms with Crippen LogP contribution in [-0.2, 0) is 11.3 Å². The van der Waals surface area contributed by atoms with Gasteiger partial charge in [0, 0.05) is 17.8 Å². The van der Waals surface area contributed by atoms with Crippen LogP contribution in [0.5, 0.6) is 0 Å². The van der Waals surface area contributed by atoms with E-state index in [1.807, 2.05) is 32.0 Å². The normalized spacial score (nSPS) is 10.7. The van der Waals surface area contributed by atoms with Crippen LogP contribution in [0.3, 0.4) is 0 Å². The van der Waals surface area contributed by atoms with E-state index in [4.69, 9.17) is 0 Å². The SMILES string of the molecule is Cc1cc(C)cc(NC(=O)Cn2cnc3ccc([N+](=O)[O-])cc3c2=O)c1. The molecule has 0 aliphatic rings. The number of nitrogens with zero attached hydrogens (tertiary/aromatic N) is 3. The highest BCUT2D eigenvalue weighted by Gasteiger charge is 2.12. The van der Waals surface area contributed by atoms with Crippen molar-refractivity contribution in [1.29, 1.82) is 0 Å². The second-order valence-electron chi connectivity index (χ2n) is 6.06. The molecule has 132 valence electrons. The lowest BCUT2D eigenvalue weighted by Gasteiger charge is -2.09. The van der Waals surface area contributed by atoms with Crippen molar-refractivity contribution in [2.24, 2.45) is 0 Å². The average molecular weight is 352 g/mol. The number of anilines is 1. The van der Waals surface area contributed by atoms with Crippen LogP contribution >= 0.6 is 0 Å². The number of hydrogen-bond acceptors (Lipinski definition) is 5. The Morgan fingerprint density at radius 3 is 2.54 bits per heavy atom. The van der Waals surface area contributed by atoms with Crippen LogP contribution in [0.15, 0.2) is 47.5 Å². The van der Waals surface area contributed by atoms with Crippen molar-refractivity contribution in [3.8, 4) is 0 Å². The smallest absolute Gasteiger partial charge is 0.270 e. The number of amides is 1. The van der Waals surface area contributed by atoms with Gasteiger partial charge in [-0.15, -0.1) is 0 Å². The Morgan fingerprint density at radius 1 is 1.19 bits per heavy atom. The summed E-state index contributed by atoms with van der Waals surface area (Å²) in [6.45, 7) is 3.61. The molecule has 0 unspecified atom stereocenters. The highest BCUT2D eigenvalue weighted by Crippen LogP contribution is 2.16. The van der Waals surface area contributed by atoms with Crippen LogP contribution < -0.4 is 10.9 Å². The van der Waals surface area contributed by atoms with Gasteiger partial charge in [-0.3, -0.25) is 24.3 Å². The maximum atomic E-state index is 12.5. The number of rotatable bonds is 4. The molecule has 3 aromatic rings. The molecule has 1 heterocycles. The van der Waals surface area contributed by atoms with Crippen molar-refractivity contribution in [2.45, 2.75) is 20.4 Å². The maximum absolute atomic E-state index is 12.5. The molecule has 8 nitrogen and oxygen atoms in total. The molecule has 0 saturated heterocycles. The number of non-ortho nitro benzene ring substituents is 1. The molecule has 0 atom stereocenters. The Morgan fingerprint density at radius 2 is 1.88 bits per heavy atom. The van der Waals surface area contributed by atoms with E-state index in [0.29, 0.717) is 11.2 Å². The van der Waals surface area contributed by atoms with Gasteiger partial charge < -0.3 is 5.32 Å². The molecule has 26 heavy (non-hydrogen) atoms. The topological polar surface area (TPSA) is 107 Å². The summed E-state index contributed by atoms with van der Waals surface area (Å²) in [6, 6.07) is 9.51. The second kappa shape index (κ2) is 6.75. The summed E-state index contributed by atoms with van der Waals surface area (Å²) in [6.07, 6.45) is 1.26. The van der Waals surface area contributed by atoms with E-state index in [-0.39, 0.29) is 23.5 Å². The molecular formula is C18H16N4O4. The number of aryl methyl sites for hydroxylation is 2. The van der Waals surface area contributed by atoms with Crippen LogP contribution in [0, 0.1) is 24.0 Å². The number of fused-ring (bicyclic) bond motifs is 1. The minimum atomic E-state index is -0.580. The molecule has 1 aromatic heterocycles. The molecule has 1 amide bonds. The zero-order valence-electron chi connectivity index (χ0n) is 14.2. The first-order valence-electron chi connectivity index (χ1n) is 7.85. The molecule has 0 aliphatic carbocycles. The Bertz CT molecular complexity index is 1070. The lowest BCUT2D eigenvalue weighted by atomic mass is 10.1. The molecule has 8 heteroatoms. The zero-order valence-corrected chi connectivity index (χ0v) is 14.2. The van der Waals surface area contributed by atoms with E-state index in [0.717, 1.165) is 15.7 Å². The van der Waals surface area contributed by atoms with Gasteiger partial charge in [0.1, 0.15) is 6.54 Å². The third kappa shape index (κ3) is 3.59. The molecular weight excluding hydrogens is 336 g/mol. The van der Waals surface area contributed by atoms with Crippen molar-refractivity contribution >= 4 is 28.2 Å². The Labute approximate surface area is 148 Å². The highest BCUT2D eigenvalue weighted by molar-refractivity contribution is 5.91. The molecule has 0 bridgehead atoms. The summed E-state index contributed by atoms with van der Waals surface area (Å²) in [4.78, 5) is 39.2. The third-order valence-electron chi connectivity index (χ3n) is 3.84. The van der Waals surface area contributed by atoms with Crippen molar-refractivity contribution in [3.63, 3.8) is 0 Å². The van der Waals surface area contributed by atoms with Gasteiger partial charge in [-0.1, -0.05) is 6.07 Å². The first kappa shape index (κ1) is 17.3. The number of nitrogens with one attached hydrogen (secondary N) is 1. The zero-order chi connectivity index (χ0) is 18.8. The van der Waals surface area contributed by atoms with Gasteiger partial charge in [0.15, 0.2) is 0 Å². The first-order valence-corrected chi connectivity index (χ1v) is 7.85. The minimum Gasteiger partial charge on any atom is -0.325 e. The van der Waals surface area contributed by atoms with Gasteiger partial charge in [-0.2, -0.15) is 0 Å². The Hall–Kier alpha value is -3.55. The predicted molar refractivity (Wildman–Crippen MR) is 97.2 cm³/mol. The van der Waals surface area contributed by atoms with Gasteiger partial charge in [-0.25, -0.2) is 4.98 Å². The lowest BCUT2D eigenvalue weighted by molar-refractivity contribution is -0.384. The highest BCUT2D eigenvalue weighted by atomic mass is 16.6. The van der Waals surface area contributed by atoms with Gasteiger partial charge in [0.05, 0.1) is 22.2 Å². The maximum Gasteiger partial charge on any atom is 0.270 e. The summed E-state index contributed by atoms with van der Waals surface area (Å²) >= 11 is 0. The quantitative estimate of drug-likeness (QED) is 0.573. The number of benzene rings is 2. The number of nitro groups is 1. The molecule has 0 fully saturated rings. The molecule has 0 radical (unpaired) electrons. The van der Waals surface area contributed by atoms with E-state index < -0.39 is 10.5 Å². The lowest BCUT2D eigenvalue weighted by Crippen LogP contribution is -2.28. The van der Waals surface area contributed by atoms with E-state index in [1.165, 1.54) is 24.5 Å². The summed E-state index contributed by atoms with van der Waals surface area (Å²) < 4.78 is 1.13. The van der Waals surface area contributed by atoms with Crippen molar-refractivity contribution in [2.75, 3.05) is 5.32 Å². The van der Waals surface area contributed by atoms with E-state index >= 15 is 0 Å². The fraction of sp³-hybridized carbons (Fsp3) is 0.167. The molecule has 0 spiro atoms. The summed E-state index contributed by atoms with van der Waals surface area (Å²) in [5.74, 6) is -0.385. The third-order valence-corrected chi connectivity index (χ3v) is 3.84. The molecule has 0 aliphatic heterocycles. The Kier molecular flexibility index (Phi) is 4.49. The van der Waals surface area contributed by atoms with Crippen LogP contribution in [0.2, 0.25) is 0 Å². The van der Waals surface area contributed by atoms with Gasteiger partial charge in [-0.05, 0) is 43.2 Å². The van der Waals surface area contributed by atoms with Crippen LogP contribution in [-0.4, -0.2) is 20.4 Å². The summed E-state index contributed by atoms with van der Waals surface area (Å²) in [5, 5.41) is 13.7. The molecule has 2 aromatic carbocycles. The summed E-state index contributed by atoms with van der Waals surface area (Å²) in [5.41, 5.74) is 2.30. The van der Waals surface area contributed by atoms with Gasteiger partial charge in [0.2, 0.25) is 5.91 Å². The minimum absolute atomic E-state index is 0.0981. The fourth-order valence-corrected chi connectivity index (χ4v) is 2.78. The van der Waals surface area contributed by atoms with E-state index in [2.05, 4.69) is 10.3 Å². The van der Waals surface area contributed by atoms with Crippen molar-refractivity contribution < 1.29 is 9.72 Å². The largest absolute Gasteiger partial charge is 0.325 e. The molecule has 1 N–H and O–H groups in total. The van der Waals surface area contributed by atoms with E-state index in [9.17, 15) is 19.7 Å². The number of carbonyl (C=O) groups excluding carboxylic acids is 1. The van der Waals surface area contributed by atoms with Crippen molar-refractivity contribution in [1.82, 2.24) is 9.55 Å². The van der Waals surface area contributed by atoms with Crippen LogP contribution in [0.1, 0.15) is 11.1 Å². The monoisotopic (exact) mass is 352 g/mol. The average Bonchev–Trinajstić information content (AvgIpc) is 2.56. The van der Waals surface area contributed by atoms with Gasteiger partial charge in [0.25, 0.3) is 11.2 Å². The molecule has 3 rings (SSSR count). The van der Waals surface area contributed by atoms with Crippen LogP contribution in [0.4, 0.5) is 11.4 Å². The van der Waals surface area contributed by atoms with Crippen molar-refractivity contribution in [3.05, 3.63) is 74.3 Å². The first-order chi connectivity index (χ1) is 12.3. The predicted octanol–water partition coefficient (Wildman–Crippen LogP) is 2.56. The summed E-state index contributed by atoms with van der Waals surface area (Å²) in [7, 11) is 0. The van der Waals surface area contributed by atoms with E-state index in [1.54, 1.807) is 0 Å².